The molecule has 0 bridgehead atoms. The van der Waals surface area contributed by atoms with E-state index >= 15 is 0 Å². The van der Waals surface area contributed by atoms with Crippen LogP contribution < -0.4 is 0 Å². The molecule has 412 valence electrons. The first-order valence-electron chi connectivity index (χ1n) is 25.1. The van der Waals surface area contributed by atoms with Crippen LogP contribution in [0.1, 0.15) is 182 Å². The van der Waals surface area contributed by atoms with E-state index in [0.717, 1.165) is 87.3 Å². The molecule has 0 aliphatic carbocycles. The Balaban J connectivity index is 0. The van der Waals surface area contributed by atoms with Crippen LogP contribution in [-0.2, 0) is 174 Å². The maximum atomic E-state index is 5.63. The second-order valence-electron chi connectivity index (χ2n) is 17.6. The topological polar surface area (TPSA) is 36.1 Å². The second kappa shape index (κ2) is 41.3. The normalized spacial score (nSPS) is 11.9. The number of rotatable bonds is 28. The molecule has 0 N–H and O–H groups in total. The average Bonchev–Trinajstić information content (AvgIpc) is 3.80. The third-order valence-electron chi connectivity index (χ3n) is 12.1. The van der Waals surface area contributed by atoms with Crippen molar-refractivity contribution in [3.05, 3.63) is 36.8 Å². The van der Waals surface area contributed by atoms with Gasteiger partial charge in [-0.1, -0.05) is 163 Å². The van der Waals surface area contributed by atoms with E-state index in [9.17, 15) is 0 Å². The summed E-state index contributed by atoms with van der Waals surface area (Å²) in [5, 5.41) is 5.74. The molecule has 0 radical (unpaired) electrons. The minimum atomic E-state index is 0. The number of unbranched alkanes of at least 4 members (excludes halogenated alkanes) is 20. The number of hydrogen-bond acceptors (Lipinski definition) is 13. The summed E-state index contributed by atoms with van der Waals surface area (Å²) in [6.45, 7) is 16.5. The molecule has 4 heterocycles. The van der Waals surface area contributed by atoms with E-state index in [0.29, 0.717) is 24.9 Å². The molecule has 0 atom stereocenters. The summed E-state index contributed by atoms with van der Waals surface area (Å²) in [7, 11) is 7.36. The average molecular weight is 1250 g/mol. The van der Waals surface area contributed by atoms with Crippen LogP contribution in [0.3, 0.4) is 0 Å². The van der Waals surface area contributed by atoms with Crippen molar-refractivity contribution in [2.45, 2.75) is 238 Å². The summed E-state index contributed by atoms with van der Waals surface area (Å²) in [5.74, 6) is 0.843. The number of hydrogen-bond donors (Lipinski definition) is 0. The number of imidazole rings is 3. The van der Waals surface area contributed by atoms with Gasteiger partial charge in [-0.15, -0.1) is 40.2 Å². The predicted molar refractivity (Wildman–Crippen MR) is 315 cm³/mol. The van der Waals surface area contributed by atoms with Gasteiger partial charge >= 0.3 is 0 Å². The van der Waals surface area contributed by atoms with Crippen molar-refractivity contribution < 1.29 is 33.0 Å². The first-order valence-corrected chi connectivity index (χ1v) is 29.5. The molecule has 0 saturated carbocycles. The van der Waals surface area contributed by atoms with Gasteiger partial charge in [-0.3, -0.25) is 0 Å². The summed E-state index contributed by atoms with van der Waals surface area (Å²) in [6.07, 6.45) is 30.8. The van der Waals surface area contributed by atoms with Gasteiger partial charge in [-0.2, -0.15) is 0 Å². The molecule has 8 nitrogen and oxygen atoms in total. The minimum absolute atomic E-state index is 0. The predicted octanol–water partition coefficient (Wildman–Crippen LogP) is 14.6. The minimum Gasteiger partial charge on any atom is -0.762 e. The van der Waals surface area contributed by atoms with Gasteiger partial charge in [-0.05, 0) is 62.3 Å². The van der Waals surface area contributed by atoms with Crippen LogP contribution in [0.25, 0.3) is 0 Å². The molecule has 3 aromatic rings. The van der Waals surface area contributed by atoms with Gasteiger partial charge in [-0.25, -0.2) is 0 Å². The van der Waals surface area contributed by atoms with Crippen LogP contribution in [0.4, 0.5) is 0 Å². The van der Waals surface area contributed by atoms with Gasteiger partial charge in [0.1, 0.15) is 5.82 Å². The Morgan fingerprint density at radius 3 is 0.686 bits per heavy atom. The van der Waals surface area contributed by atoms with Gasteiger partial charge in [0.2, 0.25) is 0 Å². The molecule has 0 aromatic carbocycles. The van der Waals surface area contributed by atoms with Crippen molar-refractivity contribution in [3.63, 3.8) is 0 Å². The molecule has 0 spiro atoms. The van der Waals surface area contributed by atoms with Crippen molar-refractivity contribution in [1.82, 2.24) is 37.2 Å². The monoisotopic (exact) mass is 1250 g/mol. The Morgan fingerprint density at radius 2 is 0.529 bits per heavy atom. The quantitative estimate of drug-likeness (QED) is 0.0300. The van der Waals surface area contributed by atoms with E-state index < -0.39 is 0 Å². The standard InChI is InChI=1S/2C19H36N2S3.C6H10N2S2.C5H8N2S3.2Ni/c2*1-3-5-7-9-11-13-15-20-17(22)18(23)21(19(20)24)16-14-12-10-8-6-4-2;1-4-7(2)5(9)6(10)8(4)3;1-6-3(8)4(9)7(2)5(6)10;;/h2*22-23H,3-16H2,1-2H3;9-10H,1H2,2-3H3;8-9H,1-2H3;;/p-8. The molecule has 3 aromatic heterocycles. The summed E-state index contributed by atoms with van der Waals surface area (Å²) < 4.78 is 14.2. The molecule has 4 rings (SSSR count). The van der Waals surface area contributed by atoms with E-state index in [1.54, 1.807) is 18.9 Å². The van der Waals surface area contributed by atoms with E-state index in [1.165, 1.54) is 128 Å². The van der Waals surface area contributed by atoms with Crippen LogP contribution in [0.5, 0.6) is 0 Å². The van der Waals surface area contributed by atoms with Crippen LogP contribution >= 0.6 is 36.7 Å². The maximum absolute atomic E-state index is 5.63. The smallest absolute Gasteiger partial charge is 0.176 e. The molecular weight excluding hydrogens is 1170 g/mol. The molecule has 21 heteroatoms. The van der Waals surface area contributed by atoms with E-state index in [4.69, 9.17) is 138 Å². The second-order valence-corrected chi connectivity index (χ2v) is 21.8. The van der Waals surface area contributed by atoms with Gasteiger partial charge in [0.15, 0.2) is 14.3 Å². The van der Waals surface area contributed by atoms with Gasteiger partial charge in [0, 0.05) is 87.4 Å². The van der Waals surface area contributed by atoms with Gasteiger partial charge in [0.25, 0.3) is 0 Å². The Bertz CT molecular complexity index is 1890. The van der Waals surface area contributed by atoms with E-state index in [-0.39, 0.29) is 33.0 Å². The largest absolute Gasteiger partial charge is 0.762 e. The Labute approximate surface area is 505 Å². The molecular formula is C49H82N8Ni2S11-8. The Hall–Kier alpha value is 0.117. The third kappa shape index (κ3) is 24.4. The number of aromatic nitrogens is 6. The Morgan fingerprint density at radius 1 is 0.329 bits per heavy atom. The zero-order chi connectivity index (χ0) is 51.3. The van der Waals surface area contributed by atoms with Crippen molar-refractivity contribution in [2.24, 2.45) is 14.1 Å². The summed E-state index contributed by atoms with van der Waals surface area (Å²) in [5.41, 5.74) is 0. The van der Waals surface area contributed by atoms with E-state index in [2.05, 4.69) is 52.5 Å². The van der Waals surface area contributed by atoms with Crippen molar-refractivity contribution in [3.8, 4) is 0 Å². The molecule has 70 heavy (non-hydrogen) atoms. The van der Waals surface area contributed by atoms with Crippen molar-refractivity contribution in [1.29, 1.82) is 0 Å². The maximum Gasteiger partial charge on any atom is 0.176 e. The molecule has 0 unspecified atom stereocenters. The van der Waals surface area contributed by atoms with Crippen LogP contribution in [-0.4, -0.2) is 51.3 Å². The fraction of sp³-hybridized carbons (Fsp3) is 0.735. The fourth-order valence-electron chi connectivity index (χ4n) is 7.52. The van der Waals surface area contributed by atoms with Gasteiger partial charge < -0.3 is 138 Å². The summed E-state index contributed by atoms with van der Waals surface area (Å²) in [4.78, 5) is 3.61. The summed E-state index contributed by atoms with van der Waals surface area (Å²) in [6, 6.07) is 0. The van der Waals surface area contributed by atoms with Crippen LogP contribution in [0.2, 0.25) is 0 Å². The fourth-order valence-corrected chi connectivity index (χ4v) is 10.9. The van der Waals surface area contributed by atoms with Crippen molar-refractivity contribution in [2.75, 3.05) is 14.1 Å². The van der Waals surface area contributed by atoms with E-state index in [1.807, 2.05) is 28.2 Å². The van der Waals surface area contributed by atoms with Crippen molar-refractivity contribution >= 4 is 138 Å². The molecule has 0 saturated heterocycles. The molecule has 1 aliphatic heterocycles. The number of nitrogens with zero attached hydrogens (tertiary/aromatic N) is 8. The Kier molecular flexibility index (Phi) is 42.6. The molecule has 1 aliphatic rings. The van der Waals surface area contributed by atoms with Crippen LogP contribution in [0, 0.1) is 14.3 Å². The zero-order valence-electron chi connectivity index (χ0n) is 43.2. The first-order chi connectivity index (χ1) is 32.4. The molecule has 0 fully saturated rings. The molecule has 0 amide bonds. The van der Waals surface area contributed by atoms with Crippen LogP contribution in [0.15, 0.2) is 52.6 Å². The third-order valence-corrected chi connectivity index (χ3v) is 17.6. The summed E-state index contributed by atoms with van der Waals surface area (Å²) >= 11 is 58.3. The SMILES string of the molecule is C=C1N(C)C([S-])=C([S-])N1C.CCCCCCCCn1c([S-])c([S-])n(CCCCCCCC)c1=S.CCCCCCCCn1c([S-])c([S-])n(CCCCCCCC)c1=S.Cn1c([S-])c([S-])n(C)c1=S.[Ni].[Ni]. The zero-order valence-corrected chi connectivity index (χ0v) is 54.2. The van der Waals surface area contributed by atoms with Gasteiger partial charge in [0.05, 0.1) is 0 Å². The first kappa shape index (κ1) is 72.2.